The van der Waals surface area contributed by atoms with E-state index in [-0.39, 0.29) is 12.3 Å². The molecule has 0 bridgehead atoms. The third-order valence-electron chi connectivity index (χ3n) is 6.78. The van der Waals surface area contributed by atoms with Gasteiger partial charge in [0.25, 0.3) is 5.91 Å². The first-order chi connectivity index (χ1) is 17.5. The van der Waals surface area contributed by atoms with Crippen LogP contribution < -0.4 is 0 Å². The van der Waals surface area contributed by atoms with E-state index in [1.165, 1.54) is 4.90 Å². The van der Waals surface area contributed by atoms with Crippen LogP contribution in [0.2, 0.25) is 0 Å². The largest absolute Gasteiger partial charge is 0.432 e. The highest BCUT2D eigenvalue weighted by atomic mass is 79.9. The summed E-state index contributed by atoms with van der Waals surface area (Å²) in [7, 11) is 0. The molecule has 1 atom stereocenters. The lowest BCUT2D eigenvalue weighted by molar-refractivity contribution is -0.137. The average Bonchev–Trinajstić information content (AvgIpc) is 3.15. The minimum Gasteiger partial charge on any atom is -0.432 e. The fraction of sp³-hybridized carbons (Fsp3) is 0.161. The molecule has 5 rings (SSSR count). The third kappa shape index (κ3) is 4.03. The Morgan fingerprint density at radius 3 is 1.53 bits per heavy atom. The Labute approximate surface area is 219 Å². The standard InChI is InChI=1S/C31H26BrNO3/c1-30(21-23-17-19-24(22-32)20-18-23)28(34)33(29(35)36-30)31(25-11-5-2-6-12-25,26-13-7-3-8-14-26)27-15-9-4-10-16-27/h2-20H,21-22H2,1H3/t30-/m1/s1. The van der Waals surface area contributed by atoms with Gasteiger partial charge in [-0.3, -0.25) is 4.79 Å². The van der Waals surface area contributed by atoms with Gasteiger partial charge in [0, 0.05) is 11.8 Å². The van der Waals surface area contributed by atoms with Crippen molar-refractivity contribution in [3.63, 3.8) is 0 Å². The van der Waals surface area contributed by atoms with Crippen molar-refractivity contribution >= 4 is 27.9 Å². The fourth-order valence-electron chi connectivity index (χ4n) is 5.06. The number of hydrogen-bond acceptors (Lipinski definition) is 3. The van der Waals surface area contributed by atoms with Crippen LogP contribution in [0.3, 0.4) is 0 Å². The van der Waals surface area contributed by atoms with Gasteiger partial charge in [-0.05, 0) is 34.7 Å². The second-order valence-corrected chi connectivity index (χ2v) is 9.74. The van der Waals surface area contributed by atoms with Gasteiger partial charge in [-0.1, -0.05) is 131 Å². The van der Waals surface area contributed by atoms with Gasteiger partial charge in [-0.15, -0.1) is 0 Å². The smallest absolute Gasteiger partial charge is 0.419 e. The van der Waals surface area contributed by atoms with E-state index in [0.717, 1.165) is 33.1 Å². The molecule has 0 unspecified atom stereocenters. The van der Waals surface area contributed by atoms with Gasteiger partial charge in [0.2, 0.25) is 0 Å². The van der Waals surface area contributed by atoms with Gasteiger partial charge < -0.3 is 4.74 Å². The Hall–Kier alpha value is -3.70. The Morgan fingerprint density at radius 1 is 0.694 bits per heavy atom. The molecule has 0 aromatic heterocycles. The molecule has 1 saturated heterocycles. The molecule has 36 heavy (non-hydrogen) atoms. The summed E-state index contributed by atoms with van der Waals surface area (Å²) in [5.74, 6) is -0.367. The number of alkyl halides is 1. The van der Waals surface area contributed by atoms with E-state index in [2.05, 4.69) is 15.9 Å². The molecule has 180 valence electrons. The third-order valence-corrected chi connectivity index (χ3v) is 7.43. The molecule has 5 heteroatoms. The Balaban J connectivity index is 1.69. The van der Waals surface area contributed by atoms with Crippen LogP contribution in [0.4, 0.5) is 4.79 Å². The number of cyclic esters (lactones) is 1. The molecule has 0 aliphatic carbocycles. The van der Waals surface area contributed by atoms with E-state index in [1.807, 2.05) is 115 Å². The molecule has 0 radical (unpaired) electrons. The predicted molar refractivity (Wildman–Crippen MR) is 144 cm³/mol. The predicted octanol–water partition coefficient (Wildman–Crippen LogP) is 6.85. The van der Waals surface area contributed by atoms with E-state index in [9.17, 15) is 9.59 Å². The lowest BCUT2D eigenvalue weighted by atomic mass is 9.75. The Bertz CT molecular complexity index is 1260. The lowest BCUT2D eigenvalue weighted by Gasteiger charge is -2.41. The van der Waals surface area contributed by atoms with E-state index in [1.54, 1.807) is 6.92 Å². The molecule has 1 aliphatic rings. The van der Waals surface area contributed by atoms with Crippen LogP contribution in [0.1, 0.15) is 34.7 Å². The fourth-order valence-corrected chi connectivity index (χ4v) is 5.44. The van der Waals surface area contributed by atoms with Crippen molar-refractivity contribution in [3.05, 3.63) is 143 Å². The van der Waals surface area contributed by atoms with E-state index >= 15 is 0 Å². The lowest BCUT2D eigenvalue weighted by Crippen LogP contribution is -2.53. The van der Waals surface area contributed by atoms with Crippen molar-refractivity contribution in [2.45, 2.75) is 29.8 Å². The van der Waals surface area contributed by atoms with Crippen molar-refractivity contribution in [1.29, 1.82) is 0 Å². The van der Waals surface area contributed by atoms with Crippen LogP contribution >= 0.6 is 15.9 Å². The minimum atomic E-state index is -1.34. The SMILES string of the molecule is C[C@]1(Cc2ccc(CBr)cc2)OC(=O)N(C(c2ccccc2)(c2ccccc2)c2ccccc2)C1=O. The van der Waals surface area contributed by atoms with Gasteiger partial charge in [0.05, 0.1) is 0 Å². The maximum Gasteiger partial charge on any atom is 0.419 e. The van der Waals surface area contributed by atoms with Crippen LogP contribution in [0.15, 0.2) is 115 Å². The topological polar surface area (TPSA) is 46.6 Å². The van der Waals surface area contributed by atoms with E-state index in [0.29, 0.717) is 0 Å². The van der Waals surface area contributed by atoms with E-state index < -0.39 is 17.2 Å². The highest BCUT2D eigenvalue weighted by molar-refractivity contribution is 9.08. The zero-order valence-electron chi connectivity index (χ0n) is 19.9. The quantitative estimate of drug-likeness (QED) is 0.190. The number of carbonyl (C=O) groups excluding carboxylic acids is 2. The molecule has 2 amide bonds. The number of amides is 2. The molecule has 0 spiro atoms. The Kier molecular flexibility index (Phi) is 6.50. The van der Waals surface area contributed by atoms with Gasteiger partial charge in [-0.2, -0.15) is 0 Å². The molecule has 4 aromatic rings. The molecule has 0 N–H and O–H groups in total. The normalized spacial score (nSPS) is 17.8. The average molecular weight is 540 g/mol. The molecule has 1 heterocycles. The number of benzene rings is 4. The monoisotopic (exact) mass is 539 g/mol. The zero-order chi connectivity index (χ0) is 25.2. The summed E-state index contributed by atoms with van der Waals surface area (Å²) < 4.78 is 5.93. The number of nitrogens with zero attached hydrogens (tertiary/aromatic N) is 1. The number of hydrogen-bond donors (Lipinski definition) is 0. The highest BCUT2D eigenvalue weighted by Crippen LogP contribution is 2.46. The first-order valence-electron chi connectivity index (χ1n) is 11.9. The van der Waals surface area contributed by atoms with Gasteiger partial charge in [0.15, 0.2) is 5.60 Å². The van der Waals surface area contributed by atoms with E-state index in [4.69, 9.17) is 4.74 Å². The molecular formula is C31H26BrNO3. The first-order valence-corrected chi connectivity index (χ1v) is 13.0. The number of halogens is 1. The van der Waals surface area contributed by atoms with Crippen molar-refractivity contribution in [2.75, 3.05) is 0 Å². The molecule has 0 saturated carbocycles. The summed E-state index contributed by atoms with van der Waals surface area (Å²) in [5, 5.41) is 0.750. The molecule has 4 aromatic carbocycles. The molecule has 1 aliphatic heterocycles. The number of carbonyl (C=O) groups is 2. The zero-order valence-corrected chi connectivity index (χ0v) is 21.5. The Morgan fingerprint density at radius 2 is 1.11 bits per heavy atom. The second kappa shape index (κ2) is 9.75. The van der Waals surface area contributed by atoms with Crippen molar-refractivity contribution in [2.24, 2.45) is 0 Å². The first kappa shape index (κ1) is 24.0. The van der Waals surface area contributed by atoms with Crippen molar-refractivity contribution in [3.8, 4) is 0 Å². The summed E-state index contributed by atoms with van der Waals surface area (Å²) in [6.45, 7) is 1.71. The maximum atomic E-state index is 14.3. The summed E-state index contributed by atoms with van der Waals surface area (Å²) >= 11 is 3.46. The van der Waals surface area contributed by atoms with Gasteiger partial charge in [-0.25, -0.2) is 9.69 Å². The molecular weight excluding hydrogens is 514 g/mol. The summed E-state index contributed by atoms with van der Waals surface area (Å²) in [6, 6.07) is 37.0. The summed E-state index contributed by atoms with van der Waals surface area (Å²) in [5.41, 5.74) is 1.94. The van der Waals surface area contributed by atoms with Crippen LogP contribution in [0, 0.1) is 0 Å². The van der Waals surface area contributed by atoms with Crippen LogP contribution in [0.5, 0.6) is 0 Å². The molecule has 1 fully saturated rings. The summed E-state index contributed by atoms with van der Waals surface area (Å²) in [6.07, 6.45) is -0.374. The van der Waals surface area contributed by atoms with Gasteiger partial charge in [0.1, 0.15) is 5.54 Å². The van der Waals surface area contributed by atoms with Crippen LogP contribution in [0.25, 0.3) is 0 Å². The minimum absolute atomic E-state index is 0.283. The second-order valence-electron chi connectivity index (χ2n) is 9.17. The number of ether oxygens (including phenoxy) is 1. The van der Waals surface area contributed by atoms with Crippen molar-refractivity contribution in [1.82, 2.24) is 4.90 Å². The maximum absolute atomic E-state index is 14.3. The highest BCUT2D eigenvalue weighted by Gasteiger charge is 2.59. The summed E-state index contributed by atoms with van der Waals surface area (Å²) in [4.78, 5) is 29.4. The van der Waals surface area contributed by atoms with Crippen molar-refractivity contribution < 1.29 is 14.3 Å². The van der Waals surface area contributed by atoms with Crippen LogP contribution in [-0.2, 0) is 26.8 Å². The number of imide groups is 1. The van der Waals surface area contributed by atoms with Crippen LogP contribution in [-0.4, -0.2) is 22.5 Å². The number of rotatable bonds is 7. The molecule has 4 nitrogen and oxygen atoms in total. The van der Waals surface area contributed by atoms with Gasteiger partial charge >= 0.3 is 6.09 Å².